The van der Waals surface area contributed by atoms with Crippen LogP contribution in [-0.2, 0) is 0 Å². The molecule has 0 N–H and O–H groups in total. The van der Waals surface area contributed by atoms with E-state index in [9.17, 15) is 4.79 Å². The standard InChI is InChI=1S/C17H25N3O2Si/c1-17(2,3)23(5,6)22-15-9-7-14(8-10-15)19(4)16(21)20-12-11-18-13-20/h7-13H,1-6H3. The second-order valence-corrected chi connectivity index (χ2v) is 11.9. The summed E-state index contributed by atoms with van der Waals surface area (Å²) in [4.78, 5) is 17.8. The quantitative estimate of drug-likeness (QED) is 0.785. The van der Waals surface area contributed by atoms with E-state index in [0.29, 0.717) is 0 Å². The van der Waals surface area contributed by atoms with Crippen molar-refractivity contribution in [2.45, 2.75) is 38.9 Å². The summed E-state index contributed by atoms with van der Waals surface area (Å²) < 4.78 is 7.70. The smallest absolute Gasteiger partial charge is 0.333 e. The second kappa shape index (κ2) is 6.20. The van der Waals surface area contributed by atoms with Gasteiger partial charge in [-0.1, -0.05) is 20.8 Å². The molecule has 0 fully saturated rings. The van der Waals surface area contributed by atoms with Crippen LogP contribution in [0.15, 0.2) is 43.0 Å². The van der Waals surface area contributed by atoms with Gasteiger partial charge in [0, 0.05) is 25.1 Å². The minimum absolute atomic E-state index is 0.152. The Balaban J connectivity index is 2.12. The summed E-state index contributed by atoms with van der Waals surface area (Å²) in [5, 5.41) is 0.153. The van der Waals surface area contributed by atoms with E-state index in [-0.39, 0.29) is 11.1 Å². The van der Waals surface area contributed by atoms with Gasteiger partial charge in [-0.15, -0.1) is 0 Å². The number of anilines is 1. The van der Waals surface area contributed by atoms with E-state index in [4.69, 9.17) is 4.43 Å². The van der Waals surface area contributed by atoms with Crippen molar-refractivity contribution in [2.75, 3.05) is 11.9 Å². The minimum atomic E-state index is -1.85. The van der Waals surface area contributed by atoms with Gasteiger partial charge in [0.1, 0.15) is 12.1 Å². The Morgan fingerprint density at radius 3 is 2.30 bits per heavy atom. The predicted octanol–water partition coefficient (Wildman–Crippen LogP) is 4.37. The van der Waals surface area contributed by atoms with Gasteiger partial charge < -0.3 is 4.43 Å². The van der Waals surface area contributed by atoms with E-state index >= 15 is 0 Å². The molecular formula is C17H25N3O2Si. The largest absolute Gasteiger partial charge is 0.544 e. The Hall–Kier alpha value is -2.08. The molecule has 0 saturated heterocycles. The lowest BCUT2D eigenvalue weighted by atomic mass is 10.2. The van der Waals surface area contributed by atoms with Crippen LogP contribution >= 0.6 is 0 Å². The molecule has 0 spiro atoms. The number of benzene rings is 1. The molecule has 1 amide bonds. The number of carbonyl (C=O) groups is 1. The first-order valence-electron chi connectivity index (χ1n) is 7.67. The number of carbonyl (C=O) groups excluding carboxylic acids is 1. The molecule has 23 heavy (non-hydrogen) atoms. The minimum Gasteiger partial charge on any atom is -0.544 e. The van der Waals surface area contributed by atoms with Gasteiger partial charge in [-0.3, -0.25) is 9.47 Å². The molecular weight excluding hydrogens is 306 g/mol. The monoisotopic (exact) mass is 331 g/mol. The van der Waals surface area contributed by atoms with Gasteiger partial charge in [0.05, 0.1) is 0 Å². The zero-order chi connectivity index (χ0) is 17.3. The van der Waals surface area contributed by atoms with E-state index in [0.717, 1.165) is 11.4 Å². The van der Waals surface area contributed by atoms with Crippen molar-refractivity contribution in [1.29, 1.82) is 0 Å². The average molecular weight is 331 g/mol. The van der Waals surface area contributed by atoms with Crippen LogP contribution in [0.1, 0.15) is 20.8 Å². The zero-order valence-electron chi connectivity index (χ0n) is 14.7. The highest BCUT2D eigenvalue weighted by atomic mass is 28.4. The molecule has 5 nitrogen and oxygen atoms in total. The van der Waals surface area contributed by atoms with Crippen LogP contribution in [0, 0.1) is 0 Å². The Kier molecular flexibility index (Phi) is 4.65. The number of hydrogen-bond acceptors (Lipinski definition) is 3. The molecule has 6 heteroatoms. The Morgan fingerprint density at radius 2 is 1.83 bits per heavy atom. The number of rotatable bonds is 3. The zero-order valence-corrected chi connectivity index (χ0v) is 15.7. The number of imidazole rings is 1. The van der Waals surface area contributed by atoms with E-state index < -0.39 is 8.32 Å². The molecule has 0 aliphatic carbocycles. The molecule has 0 radical (unpaired) electrons. The number of aromatic nitrogens is 2. The molecule has 1 aromatic carbocycles. The molecule has 1 aromatic heterocycles. The molecule has 124 valence electrons. The third-order valence-electron chi connectivity index (χ3n) is 4.42. The average Bonchev–Trinajstić information content (AvgIpc) is 2.99. The van der Waals surface area contributed by atoms with Crippen molar-refractivity contribution < 1.29 is 9.22 Å². The lowest BCUT2D eigenvalue weighted by Crippen LogP contribution is -2.43. The molecule has 0 saturated carbocycles. The summed E-state index contributed by atoms with van der Waals surface area (Å²) in [5.41, 5.74) is 0.811. The molecule has 1 heterocycles. The highest BCUT2D eigenvalue weighted by molar-refractivity contribution is 6.74. The highest BCUT2D eigenvalue weighted by Gasteiger charge is 2.38. The Bertz CT molecular complexity index is 658. The summed E-state index contributed by atoms with van der Waals surface area (Å²) in [6.07, 6.45) is 4.71. The lowest BCUT2D eigenvalue weighted by Gasteiger charge is -2.36. The Morgan fingerprint density at radius 1 is 1.22 bits per heavy atom. The number of nitrogens with zero attached hydrogens (tertiary/aromatic N) is 3. The lowest BCUT2D eigenvalue weighted by molar-refractivity contribution is 0.249. The first-order valence-corrected chi connectivity index (χ1v) is 10.6. The number of amides is 1. The van der Waals surface area contributed by atoms with Gasteiger partial charge in [-0.25, -0.2) is 9.78 Å². The molecule has 0 aliphatic heterocycles. The van der Waals surface area contributed by atoms with Crippen LogP contribution in [0.5, 0.6) is 5.75 Å². The predicted molar refractivity (Wildman–Crippen MR) is 95.7 cm³/mol. The van der Waals surface area contributed by atoms with E-state index in [1.165, 1.54) is 10.9 Å². The van der Waals surface area contributed by atoms with Crippen molar-refractivity contribution >= 4 is 20.0 Å². The fraction of sp³-hybridized carbons (Fsp3) is 0.412. The highest BCUT2D eigenvalue weighted by Crippen LogP contribution is 2.37. The summed E-state index contributed by atoms with van der Waals surface area (Å²) in [5.74, 6) is 0.851. The van der Waals surface area contributed by atoms with Gasteiger partial charge in [-0.2, -0.15) is 0 Å². The van der Waals surface area contributed by atoms with E-state index in [2.05, 4.69) is 38.8 Å². The van der Waals surface area contributed by atoms with Crippen molar-refractivity contribution in [2.24, 2.45) is 0 Å². The van der Waals surface area contributed by atoms with E-state index in [1.807, 2.05) is 24.3 Å². The fourth-order valence-electron chi connectivity index (χ4n) is 1.84. The van der Waals surface area contributed by atoms with Crippen LogP contribution in [-0.4, -0.2) is 30.9 Å². The molecule has 0 bridgehead atoms. The van der Waals surface area contributed by atoms with Gasteiger partial charge in [-0.05, 0) is 42.4 Å². The maximum Gasteiger partial charge on any atom is 0.333 e. The topological polar surface area (TPSA) is 47.4 Å². The van der Waals surface area contributed by atoms with Crippen LogP contribution in [0.25, 0.3) is 0 Å². The van der Waals surface area contributed by atoms with Gasteiger partial charge >= 0.3 is 6.03 Å². The summed E-state index contributed by atoms with van der Waals surface area (Å²) in [6.45, 7) is 11.1. The summed E-state index contributed by atoms with van der Waals surface area (Å²) in [7, 11) is -0.107. The van der Waals surface area contributed by atoms with Gasteiger partial charge in [0.25, 0.3) is 0 Å². The van der Waals surface area contributed by atoms with Gasteiger partial charge in [0.15, 0.2) is 0 Å². The summed E-state index contributed by atoms with van der Waals surface area (Å²) in [6, 6.07) is 7.50. The number of hydrogen-bond donors (Lipinski definition) is 0. The molecule has 0 unspecified atom stereocenters. The van der Waals surface area contributed by atoms with Gasteiger partial charge in [0.2, 0.25) is 8.32 Å². The SMILES string of the molecule is CN(C(=O)n1ccnc1)c1ccc(O[Si](C)(C)C(C)(C)C)cc1. The first kappa shape index (κ1) is 17.3. The van der Waals surface area contributed by atoms with Crippen molar-refractivity contribution in [3.8, 4) is 5.75 Å². The van der Waals surface area contributed by atoms with Crippen LogP contribution in [0.2, 0.25) is 18.1 Å². The van der Waals surface area contributed by atoms with Crippen LogP contribution < -0.4 is 9.33 Å². The van der Waals surface area contributed by atoms with Crippen LogP contribution in [0.4, 0.5) is 10.5 Å². The van der Waals surface area contributed by atoms with Crippen LogP contribution in [0.3, 0.4) is 0 Å². The first-order chi connectivity index (χ1) is 10.6. The maximum absolute atomic E-state index is 12.3. The fourth-order valence-corrected chi connectivity index (χ4v) is 2.87. The Labute approximate surface area is 139 Å². The third kappa shape index (κ3) is 3.82. The van der Waals surface area contributed by atoms with Crippen molar-refractivity contribution in [1.82, 2.24) is 9.55 Å². The van der Waals surface area contributed by atoms with Crippen molar-refractivity contribution in [3.63, 3.8) is 0 Å². The molecule has 2 aromatic rings. The summed E-state index contributed by atoms with van der Waals surface area (Å²) >= 11 is 0. The third-order valence-corrected chi connectivity index (χ3v) is 8.77. The van der Waals surface area contributed by atoms with Crippen molar-refractivity contribution in [3.05, 3.63) is 43.0 Å². The molecule has 0 aliphatic rings. The molecule has 0 atom stereocenters. The second-order valence-electron chi connectivity index (χ2n) is 7.17. The molecule has 2 rings (SSSR count). The normalized spacial score (nSPS) is 12.1. The van der Waals surface area contributed by atoms with E-state index in [1.54, 1.807) is 24.3 Å². The maximum atomic E-state index is 12.3.